The van der Waals surface area contributed by atoms with E-state index in [4.69, 9.17) is 9.47 Å². The van der Waals surface area contributed by atoms with E-state index in [1.807, 2.05) is 30.4 Å². The third-order valence-electron chi connectivity index (χ3n) is 3.10. The molecule has 0 unspecified atom stereocenters. The molecule has 1 aromatic carbocycles. The van der Waals surface area contributed by atoms with Gasteiger partial charge in [0, 0.05) is 19.9 Å². The summed E-state index contributed by atoms with van der Waals surface area (Å²) in [6.07, 6.45) is 5.09. The van der Waals surface area contributed by atoms with Gasteiger partial charge in [0.1, 0.15) is 0 Å². The molecule has 19 heavy (non-hydrogen) atoms. The number of rotatable bonds is 2. The second kappa shape index (κ2) is 4.76. The standard InChI is InChI=1S/C14H14N2O3/c1-16-14(17)7-5-11(15-16)4-2-10-3-6-12-13(8-10)19-9-18-12/h2-4,6,8H,5,7,9H2,1H3/b4-2+. The monoisotopic (exact) mass is 258 g/mol. The third-order valence-corrected chi connectivity index (χ3v) is 3.10. The first-order chi connectivity index (χ1) is 9.22. The van der Waals surface area contributed by atoms with Gasteiger partial charge >= 0.3 is 0 Å². The van der Waals surface area contributed by atoms with Crippen LogP contribution >= 0.6 is 0 Å². The lowest BCUT2D eigenvalue weighted by molar-refractivity contribution is -0.130. The van der Waals surface area contributed by atoms with Crippen molar-refractivity contribution < 1.29 is 14.3 Å². The quantitative estimate of drug-likeness (QED) is 0.815. The fourth-order valence-electron chi connectivity index (χ4n) is 2.02. The van der Waals surface area contributed by atoms with Gasteiger partial charge in [0.15, 0.2) is 11.5 Å². The molecule has 0 atom stereocenters. The summed E-state index contributed by atoms with van der Waals surface area (Å²) in [5.74, 6) is 1.60. The Morgan fingerprint density at radius 3 is 2.89 bits per heavy atom. The summed E-state index contributed by atoms with van der Waals surface area (Å²) in [7, 11) is 1.68. The highest BCUT2D eigenvalue weighted by atomic mass is 16.7. The normalized spacial score (nSPS) is 18.1. The fraction of sp³-hybridized carbons (Fsp3) is 0.286. The Morgan fingerprint density at radius 1 is 1.21 bits per heavy atom. The molecule has 0 aliphatic carbocycles. The predicted octanol–water partition coefficient (Wildman–Crippen LogP) is 2.04. The largest absolute Gasteiger partial charge is 0.454 e. The van der Waals surface area contributed by atoms with Crippen LogP contribution in [0, 0.1) is 0 Å². The number of hydrogen-bond donors (Lipinski definition) is 0. The van der Waals surface area contributed by atoms with Gasteiger partial charge in [-0.3, -0.25) is 4.79 Å². The summed E-state index contributed by atoms with van der Waals surface area (Å²) < 4.78 is 10.6. The van der Waals surface area contributed by atoms with Crippen LogP contribution < -0.4 is 9.47 Å². The first-order valence-corrected chi connectivity index (χ1v) is 6.14. The lowest BCUT2D eigenvalue weighted by Gasteiger charge is -2.17. The van der Waals surface area contributed by atoms with E-state index in [0.717, 1.165) is 22.8 Å². The Morgan fingerprint density at radius 2 is 2.05 bits per heavy atom. The van der Waals surface area contributed by atoms with E-state index >= 15 is 0 Å². The molecule has 98 valence electrons. The molecular weight excluding hydrogens is 244 g/mol. The minimum atomic E-state index is 0.0558. The zero-order chi connectivity index (χ0) is 13.2. The Hall–Kier alpha value is -2.30. The number of nitrogens with zero attached hydrogens (tertiary/aromatic N) is 2. The number of carbonyl (C=O) groups excluding carboxylic acids is 1. The van der Waals surface area contributed by atoms with Crippen LogP contribution in [-0.4, -0.2) is 30.5 Å². The van der Waals surface area contributed by atoms with Crippen LogP contribution in [0.5, 0.6) is 11.5 Å². The van der Waals surface area contributed by atoms with Crippen LogP contribution in [0.4, 0.5) is 0 Å². The number of hydrazone groups is 1. The topological polar surface area (TPSA) is 51.1 Å². The van der Waals surface area contributed by atoms with Crippen molar-refractivity contribution in [1.29, 1.82) is 0 Å². The van der Waals surface area contributed by atoms with Crippen LogP contribution in [0.2, 0.25) is 0 Å². The number of fused-ring (bicyclic) bond motifs is 1. The summed E-state index contributed by atoms with van der Waals surface area (Å²) in [6.45, 7) is 0.280. The molecule has 2 aliphatic heterocycles. The molecule has 0 fully saturated rings. The maximum Gasteiger partial charge on any atom is 0.242 e. The molecule has 1 aromatic rings. The van der Waals surface area contributed by atoms with Crippen molar-refractivity contribution in [2.24, 2.45) is 5.10 Å². The highest BCUT2D eigenvalue weighted by Gasteiger charge is 2.15. The van der Waals surface area contributed by atoms with Gasteiger partial charge in [-0.25, -0.2) is 5.01 Å². The Kier molecular flexibility index (Phi) is 2.95. The SMILES string of the molecule is CN1N=C(/C=C/c2ccc3c(c2)OCO3)CCC1=O. The number of benzene rings is 1. The Bertz CT molecular complexity index is 578. The van der Waals surface area contributed by atoms with Crippen molar-refractivity contribution in [2.75, 3.05) is 13.8 Å². The third kappa shape index (κ3) is 2.45. The van der Waals surface area contributed by atoms with E-state index in [9.17, 15) is 4.79 Å². The molecule has 0 bridgehead atoms. The molecule has 2 heterocycles. The highest BCUT2D eigenvalue weighted by Crippen LogP contribution is 2.32. The van der Waals surface area contributed by atoms with E-state index < -0.39 is 0 Å². The van der Waals surface area contributed by atoms with Crippen molar-refractivity contribution in [3.05, 3.63) is 29.8 Å². The number of carbonyl (C=O) groups is 1. The van der Waals surface area contributed by atoms with Gasteiger partial charge in [0.05, 0.1) is 5.71 Å². The average Bonchev–Trinajstić information content (AvgIpc) is 2.87. The first-order valence-electron chi connectivity index (χ1n) is 6.14. The number of allylic oxidation sites excluding steroid dienone is 1. The number of hydrogen-bond acceptors (Lipinski definition) is 4. The number of amides is 1. The second-order valence-electron chi connectivity index (χ2n) is 4.45. The zero-order valence-corrected chi connectivity index (χ0v) is 10.6. The van der Waals surface area contributed by atoms with Crippen LogP contribution in [0.1, 0.15) is 18.4 Å². The molecular formula is C14H14N2O3. The number of ether oxygens (including phenoxy) is 2. The van der Waals surface area contributed by atoms with E-state index in [1.165, 1.54) is 5.01 Å². The van der Waals surface area contributed by atoms with Crippen LogP contribution in [0.25, 0.3) is 6.08 Å². The summed E-state index contributed by atoms with van der Waals surface area (Å²) in [5.41, 5.74) is 1.92. The molecule has 0 spiro atoms. The van der Waals surface area contributed by atoms with Gasteiger partial charge in [-0.15, -0.1) is 0 Å². The summed E-state index contributed by atoms with van der Waals surface area (Å²) >= 11 is 0. The maximum atomic E-state index is 11.3. The predicted molar refractivity (Wildman–Crippen MR) is 71.0 cm³/mol. The van der Waals surface area contributed by atoms with Crippen molar-refractivity contribution in [2.45, 2.75) is 12.8 Å². The van der Waals surface area contributed by atoms with Crippen molar-refractivity contribution in [1.82, 2.24) is 5.01 Å². The van der Waals surface area contributed by atoms with Crippen LogP contribution in [-0.2, 0) is 4.79 Å². The zero-order valence-electron chi connectivity index (χ0n) is 10.6. The van der Waals surface area contributed by atoms with Gasteiger partial charge in [0.25, 0.3) is 0 Å². The molecule has 0 radical (unpaired) electrons. The molecule has 2 aliphatic rings. The van der Waals surface area contributed by atoms with E-state index in [0.29, 0.717) is 12.8 Å². The van der Waals surface area contributed by atoms with Gasteiger partial charge in [-0.05, 0) is 23.8 Å². The molecule has 1 amide bonds. The van der Waals surface area contributed by atoms with E-state index in [1.54, 1.807) is 7.05 Å². The second-order valence-corrected chi connectivity index (χ2v) is 4.45. The van der Waals surface area contributed by atoms with Crippen molar-refractivity contribution >= 4 is 17.7 Å². The molecule has 0 saturated carbocycles. The molecule has 0 aromatic heterocycles. The Balaban J connectivity index is 1.76. The Labute approximate surface area is 111 Å². The van der Waals surface area contributed by atoms with Gasteiger partial charge < -0.3 is 9.47 Å². The maximum absolute atomic E-state index is 11.3. The van der Waals surface area contributed by atoms with Gasteiger partial charge in [-0.1, -0.05) is 12.1 Å². The van der Waals surface area contributed by atoms with Crippen LogP contribution in [0.3, 0.4) is 0 Å². The summed E-state index contributed by atoms with van der Waals surface area (Å²) in [4.78, 5) is 11.3. The van der Waals surface area contributed by atoms with E-state index in [2.05, 4.69) is 5.10 Å². The summed E-state index contributed by atoms with van der Waals surface area (Å²) in [6, 6.07) is 5.78. The van der Waals surface area contributed by atoms with E-state index in [-0.39, 0.29) is 12.7 Å². The molecule has 3 rings (SSSR count). The fourth-order valence-corrected chi connectivity index (χ4v) is 2.02. The van der Waals surface area contributed by atoms with Gasteiger partial charge in [0.2, 0.25) is 12.7 Å². The first kappa shape index (κ1) is 11.8. The molecule has 5 nitrogen and oxygen atoms in total. The minimum absolute atomic E-state index is 0.0558. The molecule has 0 saturated heterocycles. The smallest absolute Gasteiger partial charge is 0.242 e. The van der Waals surface area contributed by atoms with Crippen LogP contribution in [0.15, 0.2) is 29.4 Å². The van der Waals surface area contributed by atoms with Crippen molar-refractivity contribution in [3.63, 3.8) is 0 Å². The van der Waals surface area contributed by atoms with Crippen molar-refractivity contribution in [3.8, 4) is 11.5 Å². The summed E-state index contributed by atoms with van der Waals surface area (Å²) in [5, 5.41) is 5.60. The average molecular weight is 258 g/mol. The molecule has 0 N–H and O–H groups in total. The highest BCUT2D eigenvalue weighted by molar-refractivity contribution is 6.02. The molecule has 5 heteroatoms. The minimum Gasteiger partial charge on any atom is -0.454 e. The van der Waals surface area contributed by atoms with Gasteiger partial charge in [-0.2, -0.15) is 5.10 Å². The lowest BCUT2D eigenvalue weighted by Crippen LogP contribution is -2.27. The lowest BCUT2D eigenvalue weighted by atomic mass is 10.1.